The number of aliphatic carboxylic acids is 2. The Morgan fingerprint density at radius 1 is 0.886 bits per heavy atom. The van der Waals surface area contributed by atoms with Gasteiger partial charge in [-0.05, 0) is 13.3 Å². The molecule has 3 amide bonds. The maximum atomic E-state index is 13.1. The third kappa shape index (κ3) is 8.88. The quantitative estimate of drug-likeness (QED) is 0.140. The van der Waals surface area contributed by atoms with Crippen molar-refractivity contribution >= 4 is 29.7 Å². The Hall–Kier alpha value is -4.27. The minimum absolute atomic E-state index is 0.0346. The summed E-state index contributed by atoms with van der Waals surface area (Å²) in [4.78, 5) is 73.6. The van der Waals surface area contributed by atoms with Gasteiger partial charge in [-0.15, -0.1) is 0 Å². The van der Waals surface area contributed by atoms with E-state index < -0.39 is 53.8 Å². The van der Waals surface area contributed by atoms with Crippen LogP contribution in [0.25, 0.3) is 0 Å². The molecule has 2 rings (SSSR count). The summed E-state index contributed by atoms with van der Waals surface area (Å²) in [5.41, 5.74) is 6.75. The third-order valence-corrected chi connectivity index (χ3v) is 4.96. The smallest absolute Gasteiger partial charge is 0.325 e. The Bertz CT molecular complexity index is 1010. The molecule has 15 heteroatoms. The van der Waals surface area contributed by atoms with Gasteiger partial charge in [-0.1, -0.05) is 0 Å². The molecule has 0 aliphatic heterocycles. The van der Waals surface area contributed by atoms with Crippen LogP contribution in [0, 0.1) is 0 Å². The fourth-order valence-corrected chi connectivity index (χ4v) is 2.99. The number of aromatic nitrogens is 4. The molecule has 0 aliphatic carbocycles. The molecule has 15 nitrogen and oxygen atoms in total. The van der Waals surface area contributed by atoms with Gasteiger partial charge in [-0.3, -0.25) is 24.0 Å². The first-order valence-corrected chi connectivity index (χ1v) is 10.6. The van der Waals surface area contributed by atoms with Gasteiger partial charge in [0.05, 0.1) is 18.7 Å². The lowest BCUT2D eigenvalue weighted by molar-refractivity contribution is -0.142. The largest absolute Gasteiger partial charge is 0.481 e. The summed E-state index contributed by atoms with van der Waals surface area (Å²) >= 11 is 0. The lowest BCUT2D eigenvalue weighted by Crippen LogP contribution is -2.58. The fraction of sp³-hybridized carbons (Fsp3) is 0.450. The second kappa shape index (κ2) is 12.8. The van der Waals surface area contributed by atoms with Crippen molar-refractivity contribution in [2.75, 3.05) is 0 Å². The second-order valence-electron chi connectivity index (χ2n) is 7.79. The molecule has 2 heterocycles. The van der Waals surface area contributed by atoms with Gasteiger partial charge in [0.25, 0.3) is 0 Å². The van der Waals surface area contributed by atoms with Gasteiger partial charge in [-0.2, -0.15) is 0 Å². The Labute approximate surface area is 199 Å². The van der Waals surface area contributed by atoms with Crippen LogP contribution in [0.1, 0.15) is 31.2 Å². The lowest BCUT2D eigenvalue weighted by atomic mass is 10.1. The maximum absolute atomic E-state index is 13.1. The van der Waals surface area contributed by atoms with E-state index in [9.17, 15) is 24.0 Å². The molecule has 4 unspecified atom stereocenters. The third-order valence-electron chi connectivity index (χ3n) is 4.96. The highest BCUT2D eigenvalue weighted by atomic mass is 16.4. The Morgan fingerprint density at radius 2 is 1.37 bits per heavy atom. The van der Waals surface area contributed by atoms with Crippen molar-refractivity contribution in [3.63, 3.8) is 0 Å². The van der Waals surface area contributed by atoms with Gasteiger partial charge in [0.15, 0.2) is 0 Å². The molecule has 0 bridgehead atoms. The Morgan fingerprint density at radius 3 is 1.80 bits per heavy atom. The number of carbonyl (C=O) groups is 5. The number of rotatable bonds is 14. The number of hydrogen-bond acceptors (Lipinski definition) is 8. The van der Waals surface area contributed by atoms with E-state index in [1.54, 1.807) is 0 Å². The van der Waals surface area contributed by atoms with Crippen molar-refractivity contribution in [1.29, 1.82) is 0 Å². The van der Waals surface area contributed by atoms with E-state index >= 15 is 0 Å². The van der Waals surface area contributed by atoms with Crippen LogP contribution in [0.5, 0.6) is 0 Å². The first-order valence-electron chi connectivity index (χ1n) is 10.6. The van der Waals surface area contributed by atoms with Crippen LogP contribution >= 0.6 is 0 Å². The molecule has 0 aromatic carbocycles. The van der Waals surface area contributed by atoms with E-state index in [1.807, 2.05) is 0 Å². The molecule has 0 spiro atoms. The molecule has 0 saturated carbocycles. The number of carboxylic acid groups (broad SMARTS) is 2. The predicted octanol–water partition coefficient (Wildman–Crippen LogP) is -2.33. The molecule has 0 saturated heterocycles. The minimum Gasteiger partial charge on any atom is -0.481 e. The molecular weight excluding hydrogens is 464 g/mol. The second-order valence-corrected chi connectivity index (χ2v) is 7.79. The molecule has 9 N–H and O–H groups in total. The van der Waals surface area contributed by atoms with Crippen molar-refractivity contribution < 1.29 is 34.2 Å². The van der Waals surface area contributed by atoms with Gasteiger partial charge < -0.3 is 41.9 Å². The normalized spacial score (nSPS) is 14.2. The van der Waals surface area contributed by atoms with Crippen molar-refractivity contribution in [2.24, 2.45) is 5.73 Å². The zero-order chi connectivity index (χ0) is 26.0. The first-order chi connectivity index (χ1) is 16.6. The van der Waals surface area contributed by atoms with Gasteiger partial charge in [-0.25, -0.2) is 9.97 Å². The van der Waals surface area contributed by atoms with Gasteiger partial charge in [0, 0.05) is 43.0 Å². The number of H-pyrrole nitrogens is 2. The van der Waals surface area contributed by atoms with Crippen molar-refractivity contribution in [2.45, 2.75) is 56.8 Å². The average molecular weight is 492 g/mol. The van der Waals surface area contributed by atoms with E-state index in [0.29, 0.717) is 11.4 Å². The first kappa shape index (κ1) is 27.0. The summed E-state index contributed by atoms with van der Waals surface area (Å²) in [6.45, 7) is 1.27. The number of imidazole rings is 2. The number of amides is 3. The summed E-state index contributed by atoms with van der Waals surface area (Å²) < 4.78 is 0. The Kier molecular flexibility index (Phi) is 9.89. The SMILES string of the molecule is CC(NC(=O)C(Cc1cnc[nH]1)NC(=O)C(Cc1cnc[nH]1)NC(=O)C(N)CCC(=O)O)C(=O)O. The predicted molar refractivity (Wildman–Crippen MR) is 119 cm³/mol. The minimum atomic E-state index is -1.26. The fourth-order valence-electron chi connectivity index (χ4n) is 2.99. The zero-order valence-electron chi connectivity index (χ0n) is 18.9. The maximum Gasteiger partial charge on any atom is 0.325 e. The van der Waals surface area contributed by atoms with E-state index in [4.69, 9.17) is 15.9 Å². The van der Waals surface area contributed by atoms with Crippen LogP contribution in [-0.2, 0) is 36.8 Å². The van der Waals surface area contributed by atoms with Gasteiger partial charge >= 0.3 is 11.9 Å². The van der Waals surface area contributed by atoms with Crippen LogP contribution < -0.4 is 21.7 Å². The van der Waals surface area contributed by atoms with E-state index in [1.165, 1.54) is 32.0 Å². The summed E-state index contributed by atoms with van der Waals surface area (Å²) in [6, 6.07) is -4.79. The highest BCUT2D eigenvalue weighted by Gasteiger charge is 2.30. The number of carboxylic acids is 2. The van der Waals surface area contributed by atoms with Crippen LogP contribution in [-0.4, -0.2) is 84.0 Å². The van der Waals surface area contributed by atoms with Crippen molar-refractivity contribution in [3.8, 4) is 0 Å². The highest BCUT2D eigenvalue weighted by molar-refractivity contribution is 5.94. The molecule has 2 aromatic rings. The summed E-state index contributed by atoms with van der Waals surface area (Å²) in [6.07, 6.45) is 5.11. The number of nitrogens with one attached hydrogen (secondary N) is 5. The number of aromatic amines is 2. The topological polar surface area (TPSA) is 245 Å². The lowest BCUT2D eigenvalue weighted by Gasteiger charge is -2.24. The Balaban J connectivity index is 2.18. The summed E-state index contributed by atoms with van der Waals surface area (Å²) in [7, 11) is 0. The van der Waals surface area contributed by atoms with E-state index in [2.05, 4.69) is 35.9 Å². The van der Waals surface area contributed by atoms with Crippen LogP contribution in [0.4, 0.5) is 0 Å². The molecule has 4 atom stereocenters. The molecule has 2 aromatic heterocycles. The average Bonchev–Trinajstić information content (AvgIpc) is 3.50. The molecule has 0 radical (unpaired) electrons. The molecule has 0 fully saturated rings. The van der Waals surface area contributed by atoms with E-state index in [-0.39, 0.29) is 25.7 Å². The number of carbonyl (C=O) groups excluding carboxylic acids is 3. The van der Waals surface area contributed by atoms with E-state index in [0.717, 1.165) is 0 Å². The molecular formula is C20H28N8O7. The number of hydrogen-bond donors (Lipinski definition) is 8. The molecule has 35 heavy (non-hydrogen) atoms. The van der Waals surface area contributed by atoms with Crippen LogP contribution in [0.15, 0.2) is 25.0 Å². The monoisotopic (exact) mass is 492 g/mol. The van der Waals surface area contributed by atoms with Gasteiger partial charge in [0.2, 0.25) is 17.7 Å². The van der Waals surface area contributed by atoms with Crippen molar-refractivity contribution in [3.05, 3.63) is 36.4 Å². The van der Waals surface area contributed by atoms with Gasteiger partial charge in [0.1, 0.15) is 18.1 Å². The molecule has 190 valence electrons. The van der Waals surface area contributed by atoms with Crippen LogP contribution in [0.3, 0.4) is 0 Å². The van der Waals surface area contributed by atoms with Crippen LogP contribution in [0.2, 0.25) is 0 Å². The molecule has 0 aliphatic rings. The summed E-state index contributed by atoms with van der Waals surface area (Å²) in [5.74, 6) is -4.64. The number of nitrogens with two attached hydrogens (primary N) is 1. The highest BCUT2D eigenvalue weighted by Crippen LogP contribution is 2.05. The van der Waals surface area contributed by atoms with Crippen molar-refractivity contribution in [1.82, 2.24) is 35.9 Å². The zero-order valence-corrected chi connectivity index (χ0v) is 18.9. The summed E-state index contributed by atoms with van der Waals surface area (Å²) in [5, 5.41) is 25.2. The number of nitrogens with zero attached hydrogens (tertiary/aromatic N) is 2. The standard InChI is InChI=1S/C20H28N8O7/c1-10(20(34)35)26-18(32)14(4-11-6-22-8-24-11)28-19(33)15(5-12-7-23-9-25-12)27-17(31)13(21)2-3-16(29)30/h6-10,13-15H,2-5,21H2,1H3,(H,22,24)(H,23,25)(H,26,32)(H,27,31)(H,28,33)(H,29,30)(H,34,35).